The quantitative estimate of drug-likeness (QED) is 0.611. The summed E-state index contributed by atoms with van der Waals surface area (Å²) in [4.78, 5) is 11.3. The maximum Gasteiger partial charge on any atom is 0.220 e. The molecule has 84 valence electrons. The normalized spacial score (nSPS) is 16.1. The van der Waals surface area contributed by atoms with Crippen molar-refractivity contribution >= 4 is 5.91 Å². The van der Waals surface area contributed by atoms with Crippen molar-refractivity contribution in [3.8, 4) is 0 Å². The van der Waals surface area contributed by atoms with Gasteiger partial charge in [0.15, 0.2) is 0 Å². The molecule has 4 heteroatoms. The van der Waals surface area contributed by atoms with Crippen LogP contribution in [-0.2, 0) is 4.79 Å². The van der Waals surface area contributed by atoms with Crippen molar-refractivity contribution in [2.45, 2.75) is 46.3 Å². The Kier molecular flexibility index (Phi) is 5.08. The smallest absolute Gasteiger partial charge is 0.220 e. The fourth-order valence-corrected chi connectivity index (χ4v) is 0.946. The summed E-state index contributed by atoms with van der Waals surface area (Å²) in [6, 6.07) is -0.390. The maximum atomic E-state index is 11.3. The number of hydrogen-bond acceptors (Lipinski definition) is 3. The van der Waals surface area contributed by atoms with Gasteiger partial charge in [-0.15, -0.1) is 0 Å². The van der Waals surface area contributed by atoms with E-state index < -0.39 is 6.10 Å². The number of aliphatic hydroxyl groups is 1. The van der Waals surface area contributed by atoms with Crippen LogP contribution in [0.5, 0.6) is 0 Å². The highest BCUT2D eigenvalue weighted by molar-refractivity contribution is 5.76. The van der Waals surface area contributed by atoms with Gasteiger partial charge in [-0.2, -0.15) is 0 Å². The monoisotopic (exact) mass is 202 g/mol. The van der Waals surface area contributed by atoms with E-state index in [1.54, 1.807) is 6.92 Å². The molecule has 2 unspecified atom stereocenters. The third kappa shape index (κ3) is 6.86. The van der Waals surface area contributed by atoms with E-state index >= 15 is 0 Å². The molecule has 0 spiro atoms. The van der Waals surface area contributed by atoms with Crippen molar-refractivity contribution < 1.29 is 9.90 Å². The predicted molar refractivity (Wildman–Crippen MR) is 56.7 cm³/mol. The summed E-state index contributed by atoms with van der Waals surface area (Å²) in [5.74, 6) is -0.0198. The molecular weight excluding hydrogens is 180 g/mol. The Bertz CT molecular complexity index is 185. The number of carbonyl (C=O) groups excluding carboxylic acids is 1. The third-order valence-electron chi connectivity index (χ3n) is 1.85. The summed E-state index contributed by atoms with van der Waals surface area (Å²) >= 11 is 0. The summed E-state index contributed by atoms with van der Waals surface area (Å²) in [5, 5.41) is 11.8. The van der Waals surface area contributed by atoms with Gasteiger partial charge in [-0.3, -0.25) is 4.79 Å². The Morgan fingerprint density at radius 3 is 2.36 bits per heavy atom. The van der Waals surface area contributed by atoms with Crippen LogP contribution in [0.3, 0.4) is 0 Å². The summed E-state index contributed by atoms with van der Waals surface area (Å²) in [7, 11) is 0. The van der Waals surface area contributed by atoms with Crippen molar-refractivity contribution in [1.82, 2.24) is 5.32 Å². The van der Waals surface area contributed by atoms with Crippen molar-refractivity contribution in [3.63, 3.8) is 0 Å². The number of nitrogens with one attached hydrogen (secondary N) is 1. The highest BCUT2D eigenvalue weighted by Gasteiger charge is 2.17. The molecule has 0 saturated heterocycles. The minimum Gasteiger partial charge on any atom is -0.392 e. The lowest BCUT2D eigenvalue weighted by atomic mass is 9.92. The maximum absolute atomic E-state index is 11.3. The van der Waals surface area contributed by atoms with Gasteiger partial charge in [0.1, 0.15) is 0 Å². The highest BCUT2D eigenvalue weighted by Crippen LogP contribution is 2.17. The number of carbonyl (C=O) groups is 1. The molecule has 0 heterocycles. The molecule has 0 radical (unpaired) electrons. The SMILES string of the molecule is CC(O)C(N)CNC(=O)CC(C)(C)C. The van der Waals surface area contributed by atoms with Crippen molar-refractivity contribution in [3.05, 3.63) is 0 Å². The molecular formula is C10H22N2O2. The zero-order chi connectivity index (χ0) is 11.4. The summed E-state index contributed by atoms with van der Waals surface area (Å²) in [6.07, 6.45) is -0.121. The molecule has 0 bridgehead atoms. The number of hydrogen-bond donors (Lipinski definition) is 3. The van der Waals surface area contributed by atoms with Crippen molar-refractivity contribution in [2.75, 3.05) is 6.54 Å². The Morgan fingerprint density at radius 1 is 1.50 bits per heavy atom. The number of nitrogens with two attached hydrogens (primary N) is 1. The van der Waals surface area contributed by atoms with E-state index in [2.05, 4.69) is 5.32 Å². The van der Waals surface area contributed by atoms with E-state index in [0.717, 1.165) is 0 Å². The van der Waals surface area contributed by atoms with Crippen LogP contribution in [0, 0.1) is 5.41 Å². The largest absolute Gasteiger partial charge is 0.392 e. The average molecular weight is 202 g/mol. The van der Waals surface area contributed by atoms with Gasteiger partial charge in [-0.25, -0.2) is 0 Å². The van der Waals surface area contributed by atoms with Gasteiger partial charge >= 0.3 is 0 Å². The Balaban J connectivity index is 3.75. The lowest BCUT2D eigenvalue weighted by Gasteiger charge is -2.19. The molecule has 4 N–H and O–H groups in total. The van der Waals surface area contributed by atoms with Crippen LogP contribution in [0.25, 0.3) is 0 Å². The molecule has 0 aromatic rings. The molecule has 0 aromatic heterocycles. The van der Waals surface area contributed by atoms with E-state index in [-0.39, 0.29) is 17.4 Å². The van der Waals surface area contributed by atoms with E-state index in [0.29, 0.717) is 13.0 Å². The second kappa shape index (κ2) is 5.32. The molecule has 0 aliphatic carbocycles. The second-order valence-corrected chi connectivity index (χ2v) is 4.95. The van der Waals surface area contributed by atoms with E-state index in [1.807, 2.05) is 20.8 Å². The summed E-state index contributed by atoms with van der Waals surface area (Å²) < 4.78 is 0. The van der Waals surface area contributed by atoms with Gasteiger partial charge in [0.25, 0.3) is 0 Å². The van der Waals surface area contributed by atoms with Crippen LogP contribution in [0.1, 0.15) is 34.1 Å². The molecule has 0 saturated carbocycles. The zero-order valence-corrected chi connectivity index (χ0v) is 9.50. The first-order valence-electron chi connectivity index (χ1n) is 4.93. The van der Waals surface area contributed by atoms with Crippen LogP contribution >= 0.6 is 0 Å². The second-order valence-electron chi connectivity index (χ2n) is 4.95. The van der Waals surface area contributed by atoms with Gasteiger partial charge in [0.2, 0.25) is 5.91 Å². The predicted octanol–water partition coefficient (Wildman–Crippen LogP) is 0.247. The fourth-order valence-electron chi connectivity index (χ4n) is 0.946. The van der Waals surface area contributed by atoms with Crippen molar-refractivity contribution in [2.24, 2.45) is 11.1 Å². The van der Waals surface area contributed by atoms with Gasteiger partial charge in [-0.05, 0) is 12.3 Å². The molecule has 2 atom stereocenters. The van der Waals surface area contributed by atoms with Gasteiger partial charge < -0.3 is 16.2 Å². The number of aliphatic hydroxyl groups excluding tert-OH is 1. The summed E-state index contributed by atoms with van der Waals surface area (Å²) in [6.45, 7) is 7.94. The van der Waals surface area contributed by atoms with Gasteiger partial charge in [0, 0.05) is 19.0 Å². The van der Waals surface area contributed by atoms with Gasteiger partial charge in [0.05, 0.1) is 6.10 Å². The zero-order valence-electron chi connectivity index (χ0n) is 9.50. The number of rotatable bonds is 4. The molecule has 1 amide bonds. The van der Waals surface area contributed by atoms with Gasteiger partial charge in [-0.1, -0.05) is 20.8 Å². The lowest BCUT2D eigenvalue weighted by Crippen LogP contribution is -2.44. The molecule has 14 heavy (non-hydrogen) atoms. The van der Waals surface area contributed by atoms with Crippen LogP contribution in [0.15, 0.2) is 0 Å². The molecule has 0 aliphatic rings. The standard InChI is InChI=1S/C10H22N2O2/c1-7(13)8(11)6-12-9(14)5-10(2,3)4/h7-8,13H,5-6,11H2,1-4H3,(H,12,14). The molecule has 0 aromatic carbocycles. The minimum absolute atomic E-state index is 0.0149. The van der Waals surface area contributed by atoms with Crippen LogP contribution in [0.4, 0.5) is 0 Å². The fraction of sp³-hybridized carbons (Fsp3) is 0.900. The third-order valence-corrected chi connectivity index (χ3v) is 1.85. The van der Waals surface area contributed by atoms with Crippen molar-refractivity contribution in [1.29, 1.82) is 0 Å². The Morgan fingerprint density at radius 2 is 2.00 bits per heavy atom. The van der Waals surface area contributed by atoms with Crippen LogP contribution in [0.2, 0.25) is 0 Å². The lowest BCUT2D eigenvalue weighted by molar-refractivity contribution is -0.122. The molecule has 4 nitrogen and oxygen atoms in total. The first-order chi connectivity index (χ1) is 6.22. The van der Waals surface area contributed by atoms with E-state index in [1.165, 1.54) is 0 Å². The first kappa shape index (κ1) is 13.4. The minimum atomic E-state index is -0.593. The highest BCUT2D eigenvalue weighted by atomic mass is 16.3. The average Bonchev–Trinajstić information content (AvgIpc) is 1.96. The Hall–Kier alpha value is -0.610. The topological polar surface area (TPSA) is 75.3 Å². The Labute approximate surface area is 85.9 Å². The first-order valence-corrected chi connectivity index (χ1v) is 4.93. The number of amides is 1. The van der Waals surface area contributed by atoms with Crippen LogP contribution in [-0.4, -0.2) is 29.7 Å². The van der Waals surface area contributed by atoms with E-state index in [4.69, 9.17) is 10.8 Å². The summed E-state index contributed by atoms with van der Waals surface area (Å²) in [5.41, 5.74) is 5.55. The molecule has 0 fully saturated rings. The molecule has 0 aliphatic heterocycles. The van der Waals surface area contributed by atoms with E-state index in [9.17, 15) is 4.79 Å². The van der Waals surface area contributed by atoms with Crippen LogP contribution < -0.4 is 11.1 Å². The molecule has 0 rings (SSSR count).